The molecule has 5 heteroatoms. The van der Waals surface area contributed by atoms with E-state index in [1.54, 1.807) is 0 Å². The number of carbonyl (C=O) groups excluding carboxylic acids is 2. The molecule has 2 amide bonds. The van der Waals surface area contributed by atoms with Crippen molar-refractivity contribution < 1.29 is 9.59 Å². The Morgan fingerprint density at radius 1 is 1.25 bits per heavy atom. The Morgan fingerprint density at radius 3 is 2.75 bits per heavy atom. The summed E-state index contributed by atoms with van der Waals surface area (Å²) < 4.78 is 0. The quantitative estimate of drug-likeness (QED) is 0.838. The zero-order valence-electron chi connectivity index (χ0n) is 14.2. The standard InChI is InChI=1S/C19H27N3O2/c23-18-4-2-12-22(18)14-16-5-7-17(8-6-16)19(24)21-11-9-15-3-1-10-20-13-15/h5-8,15,20H,1-4,9-14H2,(H,21,24). The number of hydrogen-bond acceptors (Lipinski definition) is 3. The van der Waals surface area contributed by atoms with Crippen LogP contribution in [0.15, 0.2) is 24.3 Å². The van der Waals surface area contributed by atoms with Crippen molar-refractivity contribution in [2.24, 2.45) is 5.92 Å². The maximum absolute atomic E-state index is 12.2. The molecule has 2 fully saturated rings. The summed E-state index contributed by atoms with van der Waals surface area (Å²) in [7, 11) is 0. The van der Waals surface area contributed by atoms with Crippen LogP contribution in [0, 0.1) is 5.92 Å². The van der Waals surface area contributed by atoms with Crippen molar-refractivity contribution in [3.8, 4) is 0 Å². The molecule has 2 saturated heterocycles. The number of amides is 2. The molecule has 2 aliphatic rings. The number of likely N-dealkylation sites (tertiary alicyclic amines) is 1. The van der Waals surface area contributed by atoms with E-state index in [4.69, 9.17) is 0 Å². The molecule has 0 aromatic heterocycles. The Hall–Kier alpha value is -1.88. The highest BCUT2D eigenvalue weighted by Crippen LogP contribution is 2.15. The van der Waals surface area contributed by atoms with Gasteiger partial charge < -0.3 is 15.5 Å². The molecule has 0 radical (unpaired) electrons. The fourth-order valence-electron chi connectivity index (χ4n) is 3.52. The third-order valence-corrected chi connectivity index (χ3v) is 5.00. The van der Waals surface area contributed by atoms with Crippen LogP contribution in [-0.4, -0.2) is 42.9 Å². The molecule has 24 heavy (non-hydrogen) atoms. The van der Waals surface area contributed by atoms with Crippen LogP contribution in [0.2, 0.25) is 0 Å². The van der Waals surface area contributed by atoms with E-state index in [2.05, 4.69) is 10.6 Å². The number of nitrogens with one attached hydrogen (secondary N) is 2. The lowest BCUT2D eigenvalue weighted by atomic mass is 9.96. The molecule has 1 aromatic rings. The lowest BCUT2D eigenvalue weighted by Gasteiger charge is -2.22. The molecule has 0 bridgehead atoms. The first-order valence-electron chi connectivity index (χ1n) is 9.08. The monoisotopic (exact) mass is 329 g/mol. The van der Waals surface area contributed by atoms with E-state index >= 15 is 0 Å². The van der Waals surface area contributed by atoms with Gasteiger partial charge in [-0.05, 0) is 62.4 Å². The summed E-state index contributed by atoms with van der Waals surface area (Å²) in [4.78, 5) is 25.7. The number of piperidine rings is 1. The molecule has 0 saturated carbocycles. The highest BCUT2D eigenvalue weighted by atomic mass is 16.2. The van der Waals surface area contributed by atoms with Crippen LogP contribution >= 0.6 is 0 Å². The van der Waals surface area contributed by atoms with E-state index in [0.717, 1.165) is 44.6 Å². The third kappa shape index (κ3) is 4.57. The van der Waals surface area contributed by atoms with Crippen molar-refractivity contribution in [3.05, 3.63) is 35.4 Å². The second-order valence-electron chi connectivity index (χ2n) is 6.87. The molecule has 2 aliphatic heterocycles. The van der Waals surface area contributed by atoms with Gasteiger partial charge in [-0.25, -0.2) is 0 Å². The minimum atomic E-state index is -0.0115. The van der Waals surface area contributed by atoms with E-state index in [1.165, 1.54) is 12.8 Å². The van der Waals surface area contributed by atoms with Gasteiger partial charge in [-0.15, -0.1) is 0 Å². The van der Waals surface area contributed by atoms with Crippen LogP contribution in [0.3, 0.4) is 0 Å². The van der Waals surface area contributed by atoms with Crippen LogP contribution in [0.1, 0.15) is 48.0 Å². The second kappa shape index (κ2) is 8.29. The summed E-state index contributed by atoms with van der Waals surface area (Å²) in [5, 5.41) is 6.42. The number of benzene rings is 1. The van der Waals surface area contributed by atoms with Crippen LogP contribution in [-0.2, 0) is 11.3 Å². The Labute approximate surface area is 143 Å². The second-order valence-corrected chi connectivity index (χ2v) is 6.87. The Kier molecular flexibility index (Phi) is 5.86. The van der Waals surface area contributed by atoms with Gasteiger partial charge in [0.15, 0.2) is 0 Å². The van der Waals surface area contributed by atoms with E-state index in [0.29, 0.717) is 24.4 Å². The zero-order valence-corrected chi connectivity index (χ0v) is 14.2. The summed E-state index contributed by atoms with van der Waals surface area (Å²) in [6.45, 7) is 4.42. The lowest BCUT2D eigenvalue weighted by Crippen LogP contribution is -2.33. The van der Waals surface area contributed by atoms with Gasteiger partial charge in [0.25, 0.3) is 5.91 Å². The van der Waals surface area contributed by atoms with Gasteiger partial charge in [0.05, 0.1) is 0 Å². The van der Waals surface area contributed by atoms with E-state index in [-0.39, 0.29) is 11.8 Å². The van der Waals surface area contributed by atoms with Gasteiger partial charge in [0, 0.05) is 31.6 Å². The highest BCUT2D eigenvalue weighted by molar-refractivity contribution is 5.94. The molecule has 5 nitrogen and oxygen atoms in total. The first-order chi connectivity index (χ1) is 11.7. The van der Waals surface area contributed by atoms with Crippen LogP contribution in [0.25, 0.3) is 0 Å². The van der Waals surface area contributed by atoms with Crippen LogP contribution in [0.4, 0.5) is 0 Å². The van der Waals surface area contributed by atoms with Gasteiger partial charge in [0.2, 0.25) is 5.91 Å². The van der Waals surface area contributed by atoms with Crippen molar-refractivity contribution in [1.82, 2.24) is 15.5 Å². The van der Waals surface area contributed by atoms with Crippen molar-refractivity contribution in [2.75, 3.05) is 26.2 Å². The van der Waals surface area contributed by atoms with Gasteiger partial charge in [-0.2, -0.15) is 0 Å². The van der Waals surface area contributed by atoms with Gasteiger partial charge in [-0.1, -0.05) is 12.1 Å². The predicted octanol–water partition coefficient (Wildman–Crippen LogP) is 1.93. The maximum Gasteiger partial charge on any atom is 0.251 e. The van der Waals surface area contributed by atoms with E-state index in [1.807, 2.05) is 29.2 Å². The minimum absolute atomic E-state index is 0.0115. The maximum atomic E-state index is 12.2. The molecule has 2 heterocycles. The number of hydrogen-bond donors (Lipinski definition) is 2. The molecule has 1 unspecified atom stereocenters. The lowest BCUT2D eigenvalue weighted by molar-refractivity contribution is -0.128. The third-order valence-electron chi connectivity index (χ3n) is 5.00. The van der Waals surface area contributed by atoms with Gasteiger partial charge in [0.1, 0.15) is 0 Å². The molecular weight excluding hydrogens is 302 g/mol. The van der Waals surface area contributed by atoms with E-state index in [9.17, 15) is 9.59 Å². The summed E-state index contributed by atoms with van der Waals surface area (Å²) >= 11 is 0. The fraction of sp³-hybridized carbons (Fsp3) is 0.579. The van der Waals surface area contributed by atoms with Crippen molar-refractivity contribution in [2.45, 2.75) is 38.6 Å². The summed E-state index contributed by atoms with van der Waals surface area (Å²) in [5.74, 6) is 0.899. The zero-order chi connectivity index (χ0) is 16.8. The average Bonchev–Trinajstić information content (AvgIpc) is 3.01. The SMILES string of the molecule is O=C(NCCC1CCCNC1)c1ccc(CN2CCCC2=O)cc1. The summed E-state index contributed by atoms with van der Waals surface area (Å²) in [6, 6.07) is 7.61. The molecule has 0 spiro atoms. The van der Waals surface area contributed by atoms with Crippen molar-refractivity contribution in [3.63, 3.8) is 0 Å². The molecule has 130 valence electrons. The molecule has 1 atom stereocenters. The first kappa shape index (κ1) is 17.0. The minimum Gasteiger partial charge on any atom is -0.352 e. The summed E-state index contributed by atoms with van der Waals surface area (Å²) in [5.41, 5.74) is 1.77. The topological polar surface area (TPSA) is 61.4 Å². The van der Waals surface area contributed by atoms with Gasteiger partial charge >= 0.3 is 0 Å². The molecular formula is C19H27N3O2. The average molecular weight is 329 g/mol. The van der Waals surface area contributed by atoms with Crippen LogP contribution in [0.5, 0.6) is 0 Å². The van der Waals surface area contributed by atoms with Crippen LogP contribution < -0.4 is 10.6 Å². The predicted molar refractivity (Wildman–Crippen MR) is 93.6 cm³/mol. The van der Waals surface area contributed by atoms with Crippen molar-refractivity contribution >= 4 is 11.8 Å². The Morgan fingerprint density at radius 2 is 2.08 bits per heavy atom. The highest BCUT2D eigenvalue weighted by Gasteiger charge is 2.20. The molecule has 2 N–H and O–H groups in total. The Balaban J connectivity index is 1.44. The number of carbonyl (C=O) groups is 2. The first-order valence-corrected chi connectivity index (χ1v) is 9.08. The van der Waals surface area contributed by atoms with Gasteiger partial charge in [-0.3, -0.25) is 9.59 Å². The Bertz CT molecular complexity index is 564. The smallest absolute Gasteiger partial charge is 0.251 e. The molecule has 1 aromatic carbocycles. The normalized spacial score (nSPS) is 21.1. The molecule has 3 rings (SSSR count). The van der Waals surface area contributed by atoms with Crippen molar-refractivity contribution in [1.29, 1.82) is 0 Å². The number of rotatable bonds is 6. The number of nitrogens with zero attached hydrogens (tertiary/aromatic N) is 1. The fourth-order valence-corrected chi connectivity index (χ4v) is 3.52. The molecule has 0 aliphatic carbocycles. The largest absolute Gasteiger partial charge is 0.352 e. The summed E-state index contributed by atoms with van der Waals surface area (Å²) in [6.07, 6.45) is 5.15. The van der Waals surface area contributed by atoms with E-state index < -0.39 is 0 Å².